The summed E-state index contributed by atoms with van der Waals surface area (Å²) in [6.45, 7) is 1.89. The average Bonchev–Trinajstić information content (AvgIpc) is 2.99. The number of pyridine rings is 2. The number of aromatic amines is 1. The van der Waals surface area contributed by atoms with Crippen molar-refractivity contribution in [1.82, 2.24) is 19.5 Å². The van der Waals surface area contributed by atoms with Crippen LogP contribution in [0.5, 0.6) is 0 Å². The first-order valence-electron chi connectivity index (χ1n) is 12.6. The molecule has 6 rings (SSSR count). The molecule has 6 aromatic rings. The first kappa shape index (κ1) is 25.9. The van der Waals surface area contributed by atoms with Gasteiger partial charge in [0.05, 0.1) is 22.1 Å². The normalized spacial score (nSPS) is 12.1. The van der Waals surface area contributed by atoms with Gasteiger partial charge in [-0.2, -0.15) is 0 Å². The van der Waals surface area contributed by atoms with Crippen LogP contribution in [0.25, 0.3) is 38.6 Å². The molecule has 0 radical (unpaired) electrons. The fourth-order valence-corrected chi connectivity index (χ4v) is 5.86. The first-order valence-corrected chi connectivity index (χ1v) is 14.2. The van der Waals surface area contributed by atoms with Gasteiger partial charge in [0.15, 0.2) is 5.43 Å². The highest BCUT2D eigenvalue weighted by Crippen LogP contribution is 2.36. The van der Waals surface area contributed by atoms with E-state index in [2.05, 4.69) is 20.3 Å². The predicted octanol–water partition coefficient (Wildman–Crippen LogP) is 6.84. The van der Waals surface area contributed by atoms with Gasteiger partial charge in [-0.1, -0.05) is 60.1 Å². The van der Waals surface area contributed by atoms with E-state index in [1.165, 1.54) is 12.4 Å². The number of thioether (sulfide) groups is 1. The minimum absolute atomic E-state index is 0.191. The van der Waals surface area contributed by atoms with Crippen LogP contribution in [0, 0.1) is 0 Å². The van der Waals surface area contributed by atoms with E-state index in [-0.39, 0.29) is 11.0 Å². The Kier molecular flexibility index (Phi) is 6.88. The summed E-state index contributed by atoms with van der Waals surface area (Å²) < 4.78 is 1.65. The van der Waals surface area contributed by atoms with Crippen molar-refractivity contribution in [3.8, 4) is 16.8 Å². The molecule has 0 aliphatic carbocycles. The van der Waals surface area contributed by atoms with E-state index in [9.17, 15) is 9.59 Å². The molecule has 0 unspecified atom stereocenters. The van der Waals surface area contributed by atoms with E-state index in [1.54, 1.807) is 22.5 Å². The molecule has 2 N–H and O–H groups in total. The molecule has 0 aliphatic heterocycles. The SMILES string of the molecule is CSc1ccc(-c2cccc3c(Cl)c([C@H](C)Nc4ncnc5[nH]ccc(=O)c45)n(-c4ccccc4)c(=O)c23)cc1. The molecule has 0 fully saturated rings. The predicted molar refractivity (Wildman–Crippen MR) is 164 cm³/mol. The number of halogens is 1. The number of para-hydroxylation sites is 1. The molecular formula is C31H24ClN5O2S. The molecule has 0 bridgehead atoms. The zero-order chi connectivity index (χ0) is 27.8. The van der Waals surface area contributed by atoms with Gasteiger partial charge in [0.1, 0.15) is 23.2 Å². The molecule has 3 aromatic heterocycles. The zero-order valence-corrected chi connectivity index (χ0v) is 23.3. The van der Waals surface area contributed by atoms with Crippen LogP contribution in [0.2, 0.25) is 5.02 Å². The topological polar surface area (TPSA) is 92.7 Å². The third kappa shape index (κ3) is 4.45. The van der Waals surface area contributed by atoms with Gasteiger partial charge in [-0.05, 0) is 48.6 Å². The van der Waals surface area contributed by atoms with Gasteiger partial charge in [-0.3, -0.25) is 14.2 Å². The summed E-state index contributed by atoms with van der Waals surface area (Å²) in [6, 6.07) is 24.2. The van der Waals surface area contributed by atoms with Crippen molar-refractivity contribution in [2.75, 3.05) is 11.6 Å². The Morgan fingerprint density at radius 2 is 1.70 bits per heavy atom. The lowest BCUT2D eigenvalue weighted by molar-refractivity contribution is 0.774. The van der Waals surface area contributed by atoms with Crippen LogP contribution >= 0.6 is 23.4 Å². The van der Waals surface area contributed by atoms with Crippen LogP contribution in [0.4, 0.5) is 5.82 Å². The largest absolute Gasteiger partial charge is 0.361 e. The molecule has 198 valence electrons. The van der Waals surface area contributed by atoms with Gasteiger partial charge in [0.25, 0.3) is 5.56 Å². The number of nitrogens with zero attached hydrogens (tertiary/aromatic N) is 3. The van der Waals surface area contributed by atoms with Gasteiger partial charge >= 0.3 is 0 Å². The van der Waals surface area contributed by atoms with E-state index in [0.717, 1.165) is 16.0 Å². The van der Waals surface area contributed by atoms with Crippen LogP contribution in [-0.2, 0) is 0 Å². The summed E-state index contributed by atoms with van der Waals surface area (Å²) in [4.78, 5) is 39.8. The number of rotatable bonds is 6. The smallest absolute Gasteiger partial charge is 0.263 e. The maximum Gasteiger partial charge on any atom is 0.263 e. The second-order valence-corrected chi connectivity index (χ2v) is 10.5. The van der Waals surface area contributed by atoms with Crippen molar-refractivity contribution in [2.45, 2.75) is 17.9 Å². The van der Waals surface area contributed by atoms with E-state index in [1.807, 2.05) is 86.0 Å². The second-order valence-electron chi connectivity index (χ2n) is 9.29. The van der Waals surface area contributed by atoms with Crippen molar-refractivity contribution in [1.29, 1.82) is 0 Å². The summed E-state index contributed by atoms with van der Waals surface area (Å²) in [7, 11) is 0. The van der Waals surface area contributed by atoms with Crippen molar-refractivity contribution >= 4 is 51.0 Å². The monoisotopic (exact) mass is 565 g/mol. The second kappa shape index (κ2) is 10.6. The number of benzene rings is 3. The number of H-pyrrole nitrogens is 1. The van der Waals surface area contributed by atoms with Crippen LogP contribution in [-0.4, -0.2) is 25.8 Å². The highest BCUT2D eigenvalue weighted by atomic mass is 35.5. The Balaban J connectivity index is 1.60. The molecule has 40 heavy (non-hydrogen) atoms. The first-order chi connectivity index (χ1) is 19.5. The Labute approximate surface area is 238 Å². The summed E-state index contributed by atoms with van der Waals surface area (Å²) in [5.74, 6) is 0.352. The highest BCUT2D eigenvalue weighted by molar-refractivity contribution is 7.98. The number of hydrogen-bond donors (Lipinski definition) is 2. The molecule has 1 atom stereocenters. The minimum Gasteiger partial charge on any atom is -0.361 e. The summed E-state index contributed by atoms with van der Waals surface area (Å²) >= 11 is 8.85. The van der Waals surface area contributed by atoms with Gasteiger partial charge in [0.2, 0.25) is 0 Å². The lowest BCUT2D eigenvalue weighted by atomic mass is 9.97. The number of anilines is 1. The molecule has 0 amide bonds. The zero-order valence-electron chi connectivity index (χ0n) is 21.7. The highest BCUT2D eigenvalue weighted by Gasteiger charge is 2.24. The molecule has 7 nitrogen and oxygen atoms in total. The number of fused-ring (bicyclic) bond motifs is 2. The lowest BCUT2D eigenvalue weighted by Gasteiger charge is -2.24. The Hall–Kier alpha value is -4.40. The fourth-order valence-electron chi connectivity index (χ4n) is 5.04. The number of hydrogen-bond acceptors (Lipinski definition) is 6. The summed E-state index contributed by atoms with van der Waals surface area (Å²) in [5, 5.41) is 5.28. The average molecular weight is 566 g/mol. The number of nitrogens with one attached hydrogen (secondary N) is 2. The molecule has 0 spiro atoms. The Bertz CT molecular complexity index is 1980. The molecule has 3 aromatic carbocycles. The minimum atomic E-state index is -0.507. The molecule has 3 heterocycles. The Morgan fingerprint density at radius 1 is 0.925 bits per heavy atom. The van der Waals surface area contributed by atoms with E-state index >= 15 is 0 Å². The van der Waals surface area contributed by atoms with Crippen molar-refractivity contribution < 1.29 is 0 Å². The van der Waals surface area contributed by atoms with E-state index in [4.69, 9.17) is 11.6 Å². The van der Waals surface area contributed by atoms with Crippen molar-refractivity contribution in [3.63, 3.8) is 0 Å². The molecule has 0 saturated carbocycles. The maximum absolute atomic E-state index is 14.4. The van der Waals surface area contributed by atoms with Gasteiger partial charge in [-0.15, -0.1) is 11.8 Å². The van der Waals surface area contributed by atoms with Crippen molar-refractivity contribution in [2.24, 2.45) is 0 Å². The van der Waals surface area contributed by atoms with Crippen LogP contribution in [0.3, 0.4) is 0 Å². The van der Waals surface area contributed by atoms with Crippen LogP contribution in [0.15, 0.2) is 106 Å². The van der Waals surface area contributed by atoms with E-state index in [0.29, 0.717) is 44.0 Å². The third-order valence-electron chi connectivity index (χ3n) is 6.91. The fraction of sp³-hybridized carbons (Fsp3) is 0.0968. The summed E-state index contributed by atoms with van der Waals surface area (Å²) in [6.07, 6.45) is 4.96. The van der Waals surface area contributed by atoms with Crippen LogP contribution < -0.4 is 16.3 Å². The number of aromatic nitrogens is 4. The molecular weight excluding hydrogens is 542 g/mol. The van der Waals surface area contributed by atoms with E-state index < -0.39 is 6.04 Å². The molecule has 0 saturated heterocycles. The standard InChI is InChI=1S/C31H24ClN5O2S/c1-18(36-30-26-24(38)15-16-33-29(26)34-17-35-30)28-27(32)23-10-6-9-22(19-11-13-21(40-2)14-12-19)25(23)31(39)37(28)20-7-4-3-5-8-20/h3-18H,1-2H3,(H2,33,34,35,36,38)/t18-/m0/s1. The molecule has 0 aliphatic rings. The van der Waals surface area contributed by atoms with Crippen molar-refractivity contribution in [3.05, 3.63) is 123 Å². The molecule has 9 heteroatoms. The lowest BCUT2D eigenvalue weighted by Crippen LogP contribution is -2.27. The van der Waals surface area contributed by atoms with Gasteiger partial charge in [0, 0.05) is 28.2 Å². The van der Waals surface area contributed by atoms with Gasteiger partial charge in [-0.25, -0.2) is 9.97 Å². The Morgan fingerprint density at radius 3 is 2.45 bits per heavy atom. The summed E-state index contributed by atoms with van der Waals surface area (Å²) in [5.41, 5.74) is 2.98. The maximum atomic E-state index is 14.4. The van der Waals surface area contributed by atoms with Crippen LogP contribution in [0.1, 0.15) is 18.7 Å². The van der Waals surface area contributed by atoms with Gasteiger partial charge < -0.3 is 10.3 Å². The quantitative estimate of drug-likeness (QED) is 0.215. The third-order valence-corrected chi connectivity index (χ3v) is 8.05.